The molecule has 0 aliphatic heterocycles. The monoisotopic (exact) mass is 592 g/mol. The van der Waals surface area contributed by atoms with Gasteiger partial charge in [0.05, 0.1) is 14.2 Å². The van der Waals surface area contributed by atoms with Crippen molar-refractivity contribution < 1.29 is 14.2 Å². The van der Waals surface area contributed by atoms with E-state index in [4.69, 9.17) is 14.2 Å². The maximum Gasteiger partial charge on any atom is 0.127 e. The van der Waals surface area contributed by atoms with Crippen molar-refractivity contribution in [3.05, 3.63) is 157 Å². The molecule has 0 bridgehead atoms. The van der Waals surface area contributed by atoms with Gasteiger partial charge in [-0.2, -0.15) is 0 Å². The van der Waals surface area contributed by atoms with Crippen LogP contribution in [-0.2, 0) is 0 Å². The lowest BCUT2D eigenvalue weighted by atomic mass is 10.1. The summed E-state index contributed by atoms with van der Waals surface area (Å²) < 4.78 is 17.3. The summed E-state index contributed by atoms with van der Waals surface area (Å²) in [6.07, 6.45) is 0. The quantitative estimate of drug-likeness (QED) is 0.158. The lowest BCUT2D eigenvalue weighted by Gasteiger charge is -2.26. The van der Waals surface area contributed by atoms with Gasteiger partial charge in [0, 0.05) is 46.3 Å². The van der Waals surface area contributed by atoms with Crippen LogP contribution in [0.4, 0.5) is 34.1 Å². The van der Waals surface area contributed by atoms with E-state index in [-0.39, 0.29) is 0 Å². The number of ether oxygens (including phenoxy) is 3. The highest BCUT2D eigenvalue weighted by molar-refractivity contribution is 5.79. The standard InChI is InChI=1S/C40H36N2O3/c1-29-9-5-11-33(25-29)41(35-13-7-15-39(27-35)43-3)31-17-21-37(22-18-31)45-38-23-19-32(20-24-38)42(34-12-6-10-30(2)26-34)36-14-8-16-40(28-36)44-4/h5-28H,1-4H3. The smallest absolute Gasteiger partial charge is 0.127 e. The molecule has 5 heteroatoms. The Morgan fingerprint density at radius 2 is 0.711 bits per heavy atom. The number of rotatable bonds is 10. The van der Waals surface area contributed by atoms with E-state index in [0.717, 1.165) is 57.1 Å². The minimum Gasteiger partial charge on any atom is -0.497 e. The summed E-state index contributed by atoms with van der Waals surface area (Å²) in [6.45, 7) is 4.21. The molecule has 0 N–H and O–H groups in total. The maximum atomic E-state index is 6.30. The molecule has 0 aromatic heterocycles. The molecule has 6 rings (SSSR count). The molecule has 6 aromatic carbocycles. The molecule has 0 fully saturated rings. The van der Waals surface area contributed by atoms with Crippen LogP contribution >= 0.6 is 0 Å². The van der Waals surface area contributed by atoms with E-state index in [1.54, 1.807) is 14.2 Å². The number of methoxy groups -OCH3 is 2. The van der Waals surface area contributed by atoms with Crippen LogP contribution in [0.2, 0.25) is 0 Å². The van der Waals surface area contributed by atoms with E-state index in [9.17, 15) is 0 Å². The van der Waals surface area contributed by atoms with E-state index in [1.165, 1.54) is 11.1 Å². The molecule has 0 saturated carbocycles. The third-order valence-electron chi connectivity index (χ3n) is 7.57. The van der Waals surface area contributed by atoms with E-state index in [2.05, 4.69) is 109 Å². The van der Waals surface area contributed by atoms with Crippen molar-refractivity contribution in [2.75, 3.05) is 24.0 Å². The maximum absolute atomic E-state index is 6.30. The fourth-order valence-corrected chi connectivity index (χ4v) is 5.39. The van der Waals surface area contributed by atoms with Gasteiger partial charge in [-0.15, -0.1) is 0 Å². The van der Waals surface area contributed by atoms with Crippen LogP contribution in [0.15, 0.2) is 146 Å². The van der Waals surface area contributed by atoms with Gasteiger partial charge in [-0.25, -0.2) is 0 Å². The van der Waals surface area contributed by atoms with Crippen molar-refractivity contribution in [2.24, 2.45) is 0 Å². The molecule has 45 heavy (non-hydrogen) atoms. The van der Waals surface area contributed by atoms with Gasteiger partial charge >= 0.3 is 0 Å². The molecule has 0 atom stereocenters. The Labute approximate surface area is 265 Å². The highest BCUT2D eigenvalue weighted by atomic mass is 16.5. The van der Waals surface area contributed by atoms with Crippen LogP contribution in [0.1, 0.15) is 11.1 Å². The third-order valence-corrected chi connectivity index (χ3v) is 7.57. The molecular formula is C40H36N2O3. The first-order chi connectivity index (χ1) is 22.0. The molecular weight excluding hydrogens is 556 g/mol. The number of hydrogen-bond acceptors (Lipinski definition) is 5. The summed E-state index contributed by atoms with van der Waals surface area (Å²) in [4.78, 5) is 4.43. The molecule has 0 saturated heterocycles. The summed E-state index contributed by atoms with van der Waals surface area (Å²) in [5.41, 5.74) is 8.58. The Balaban J connectivity index is 1.27. The highest BCUT2D eigenvalue weighted by Crippen LogP contribution is 2.39. The van der Waals surface area contributed by atoms with Crippen LogP contribution in [0.3, 0.4) is 0 Å². The Morgan fingerprint density at radius 1 is 0.356 bits per heavy atom. The molecule has 0 heterocycles. The molecule has 0 spiro atoms. The zero-order valence-corrected chi connectivity index (χ0v) is 26.0. The van der Waals surface area contributed by atoms with E-state index in [1.807, 2.05) is 60.7 Å². The summed E-state index contributed by atoms with van der Waals surface area (Å²) in [5, 5.41) is 0. The van der Waals surface area contributed by atoms with Crippen LogP contribution in [0.25, 0.3) is 0 Å². The first-order valence-corrected chi connectivity index (χ1v) is 14.9. The van der Waals surface area contributed by atoms with Gasteiger partial charge in [-0.05, 0) is 122 Å². The molecule has 0 amide bonds. The first-order valence-electron chi connectivity index (χ1n) is 14.9. The zero-order valence-electron chi connectivity index (χ0n) is 26.0. The SMILES string of the molecule is COc1cccc(N(c2ccc(Oc3ccc(N(c4cccc(C)c4)c4cccc(OC)c4)cc3)cc2)c2cccc(C)c2)c1. The molecule has 0 radical (unpaired) electrons. The van der Waals surface area contributed by atoms with Gasteiger partial charge in [0.15, 0.2) is 0 Å². The molecule has 5 nitrogen and oxygen atoms in total. The number of aryl methyl sites for hydroxylation is 2. The van der Waals surface area contributed by atoms with Crippen LogP contribution in [0, 0.1) is 13.8 Å². The molecule has 6 aromatic rings. The predicted molar refractivity (Wildman–Crippen MR) is 185 cm³/mol. The van der Waals surface area contributed by atoms with Gasteiger partial charge in [0.1, 0.15) is 23.0 Å². The highest BCUT2D eigenvalue weighted by Gasteiger charge is 2.16. The van der Waals surface area contributed by atoms with Crippen LogP contribution in [-0.4, -0.2) is 14.2 Å². The summed E-state index contributed by atoms with van der Waals surface area (Å²) in [5.74, 6) is 3.12. The number of nitrogens with zero attached hydrogens (tertiary/aromatic N) is 2. The minimum atomic E-state index is 0.754. The van der Waals surface area contributed by atoms with Crippen molar-refractivity contribution in [1.29, 1.82) is 0 Å². The average Bonchev–Trinajstić information content (AvgIpc) is 3.07. The Kier molecular flexibility index (Phi) is 8.70. The van der Waals surface area contributed by atoms with Gasteiger partial charge in [0.25, 0.3) is 0 Å². The van der Waals surface area contributed by atoms with Gasteiger partial charge in [0.2, 0.25) is 0 Å². The second-order valence-electron chi connectivity index (χ2n) is 10.8. The Hall–Kier alpha value is -5.68. The minimum absolute atomic E-state index is 0.754. The molecule has 224 valence electrons. The van der Waals surface area contributed by atoms with Gasteiger partial charge in [-0.1, -0.05) is 36.4 Å². The molecule has 0 aliphatic carbocycles. The number of benzene rings is 6. The Morgan fingerprint density at radius 3 is 1.07 bits per heavy atom. The lowest BCUT2D eigenvalue weighted by molar-refractivity contribution is 0.415. The van der Waals surface area contributed by atoms with Crippen molar-refractivity contribution in [2.45, 2.75) is 13.8 Å². The van der Waals surface area contributed by atoms with E-state index in [0.29, 0.717) is 0 Å². The summed E-state index contributed by atoms with van der Waals surface area (Å²) in [7, 11) is 3.38. The normalized spacial score (nSPS) is 10.7. The zero-order chi connectivity index (χ0) is 31.2. The summed E-state index contributed by atoms with van der Waals surface area (Å²) >= 11 is 0. The fourth-order valence-electron chi connectivity index (χ4n) is 5.39. The van der Waals surface area contributed by atoms with E-state index < -0.39 is 0 Å². The van der Waals surface area contributed by atoms with Crippen molar-refractivity contribution in [3.8, 4) is 23.0 Å². The second kappa shape index (κ2) is 13.3. The Bertz CT molecular complexity index is 1750. The average molecular weight is 593 g/mol. The largest absolute Gasteiger partial charge is 0.497 e. The lowest BCUT2D eigenvalue weighted by Crippen LogP contribution is -2.10. The summed E-state index contributed by atoms with van der Waals surface area (Å²) in [6, 6.07) is 49.4. The van der Waals surface area contributed by atoms with Crippen molar-refractivity contribution in [1.82, 2.24) is 0 Å². The third kappa shape index (κ3) is 6.78. The van der Waals surface area contributed by atoms with Crippen LogP contribution < -0.4 is 24.0 Å². The predicted octanol–water partition coefficient (Wildman–Crippen LogP) is 11.1. The topological polar surface area (TPSA) is 34.2 Å². The van der Waals surface area contributed by atoms with Gasteiger partial charge < -0.3 is 24.0 Å². The first kappa shape index (κ1) is 29.4. The molecule has 0 unspecified atom stereocenters. The van der Waals surface area contributed by atoms with Crippen molar-refractivity contribution in [3.63, 3.8) is 0 Å². The molecule has 0 aliphatic rings. The second-order valence-corrected chi connectivity index (χ2v) is 10.8. The number of anilines is 6. The van der Waals surface area contributed by atoms with Gasteiger partial charge in [-0.3, -0.25) is 0 Å². The van der Waals surface area contributed by atoms with Crippen molar-refractivity contribution >= 4 is 34.1 Å². The number of hydrogen-bond donors (Lipinski definition) is 0. The van der Waals surface area contributed by atoms with Crippen LogP contribution in [0.5, 0.6) is 23.0 Å². The fraction of sp³-hybridized carbons (Fsp3) is 0.100. The van der Waals surface area contributed by atoms with E-state index >= 15 is 0 Å².